The van der Waals surface area contributed by atoms with E-state index in [0.717, 1.165) is 5.56 Å². The van der Waals surface area contributed by atoms with Crippen LogP contribution in [0.1, 0.15) is 15.5 Å². The van der Waals surface area contributed by atoms with Crippen molar-refractivity contribution in [2.75, 3.05) is 5.32 Å². The minimum atomic E-state index is -0.513. The van der Waals surface area contributed by atoms with E-state index < -0.39 is 5.82 Å². The third kappa shape index (κ3) is 3.67. The Morgan fingerprint density at radius 3 is 2.69 bits per heavy atom. The van der Waals surface area contributed by atoms with Crippen molar-refractivity contribution < 1.29 is 13.6 Å². The summed E-state index contributed by atoms with van der Waals surface area (Å²) in [5.41, 5.74) is 1.87. The highest BCUT2D eigenvalue weighted by Crippen LogP contribution is 2.34. The molecule has 0 bridgehead atoms. The maximum atomic E-state index is 14.4. The Bertz CT molecular complexity index is 1400. The molecular formula is C22H15FN6O2S. The summed E-state index contributed by atoms with van der Waals surface area (Å²) in [6.07, 6.45) is 1.56. The molecule has 0 saturated heterocycles. The van der Waals surface area contributed by atoms with Crippen molar-refractivity contribution in [3.8, 4) is 27.7 Å². The molecule has 3 aromatic heterocycles. The first kappa shape index (κ1) is 19.8. The lowest BCUT2D eigenvalue weighted by Crippen LogP contribution is -2.12. The van der Waals surface area contributed by atoms with Crippen LogP contribution in [0.5, 0.6) is 0 Å². The van der Waals surface area contributed by atoms with Gasteiger partial charge in [0.05, 0.1) is 12.0 Å². The third-order valence-corrected chi connectivity index (χ3v) is 5.74. The van der Waals surface area contributed by atoms with Gasteiger partial charge in [-0.1, -0.05) is 30.3 Å². The largest absolute Gasteiger partial charge is 0.462 e. The molecule has 1 amide bonds. The summed E-state index contributed by atoms with van der Waals surface area (Å²) in [5, 5.41) is 14.5. The van der Waals surface area contributed by atoms with Gasteiger partial charge in [-0.25, -0.2) is 9.37 Å². The summed E-state index contributed by atoms with van der Waals surface area (Å²) in [6, 6.07) is 17.2. The predicted molar refractivity (Wildman–Crippen MR) is 117 cm³/mol. The molecule has 0 spiro atoms. The Kier molecular flexibility index (Phi) is 5.04. The summed E-state index contributed by atoms with van der Waals surface area (Å²) >= 11 is 1.22. The lowest BCUT2D eigenvalue weighted by molar-refractivity contribution is 0.103. The molecule has 0 aliphatic heterocycles. The average Bonchev–Trinajstić information content (AvgIpc) is 3.56. The molecule has 0 atom stereocenters. The summed E-state index contributed by atoms with van der Waals surface area (Å²) in [4.78, 5) is 18.3. The van der Waals surface area contributed by atoms with Crippen LogP contribution in [-0.4, -0.2) is 31.1 Å². The Morgan fingerprint density at radius 2 is 1.97 bits per heavy atom. The lowest BCUT2D eigenvalue weighted by atomic mass is 10.1. The van der Waals surface area contributed by atoms with E-state index in [1.54, 1.807) is 25.3 Å². The number of furan rings is 1. The van der Waals surface area contributed by atoms with E-state index in [9.17, 15) is 9.18 Å². The van der Waals surface area contributed by atoms with Crippen LogP contribution in [-0.2, 0) is 0 Å². The fourth-order valence-electron chi connectivity index (χ4n) is 3.17. The number of hydrogen-bond acceptors (Lipinski definition) is 7. The molecule has 158 valence electrons. The summed E-state index contributed by atoms with van der Waals surface area (Å²) in [7, 11) is 0. The molecule has 5 rings (SSSR count). The van der Waals surface area contributed by atoms with Crippen LogP contribution >= 0.6 is 11.3 Å². The van der Waals surface area contributed by atoms with Crippen molar-refractivity contribution >= 4 is 22.9 Å². The van der Waals surface area contributed by atoms with Gasteiger partial charge in [-0.15, -0.1) is 16.4 Å². The monoisotopic (exact) mass is 446 g/mol. The number of nitrogens with zero attached hydrogens (tertiary/aromatic N) is 5. The number of carbonyl (C=O) groups excluding carboxylic acids is 1. The van der Waals surface area contributed by atoms with Gasteiger partial charge in [0.1, 0.15) is 16.4 Å². The normalized spacial score (nSPS) is 10.9. The summed E-state index contributed by atoms with van der Waals surface area (Å²) in [6.45, 7) is 1.66. The van der Waals surface area contributed by atoms with E-state index in [-0.39, 0.29) is 11.6 Å². The number of amides is 1. The SMILES string of the molecule is Cc1nnnn1-c1cc(NC(=O)c2sc(-c3ccco3)nc2-c2ccccc2)ccc1F. The number of aromatic nitrogens is 5. The molecule has 8 nitrogen and oxygen atoms in total. The molecule has 5 aromatic rings. The van der Waals surface area contributed by atoms with Gasteiger partial charge in [0, 0.05) is 11.3 Å². The highest BCUT2D eigenvalue weighted by molar-refractivity contribution is 7.17. The third-order valence-electron chi connectivity index (χ3n) is 4.67. The van der Waals surface area contributed by atoms with Gasteiger partial charge in [0.2, 0.25) is 0 Å². The van der Waals surface area contributed by atoms with E-state index in [1.807, 2.05) is 30.3 Å². The number of thiazole rings is 1. The van der Waals surface area contributed by atoms with Gasteiger partial charge in [-0.05, 0) is 47.7 Å². The smallest absolute Gasteiger partial charge is 0.268 e. The van der Waals surface area contributed by atoms with Crippen molar-refractivity contribution in [1.29, 1.82) is 0 Å². The molecule has 1 N–H and O–H groups in total. The summed E-state index contributed by atoms with van der Waals surface area (Å²) < 4.78 is 21.1. The van der Waals surface area contributed by atoms with Gasteiger partial charge in [0.25, 0.3) is 5.91 Å². The van der Waals surface area contributed by atoms with Gasteiger partial charge in [-0.2, -0.15) is 4.68 Å². The van der Waals surface area contributed by atoms with Crippen LogP contribution in [0.3, 0.4) is 0 Å². The average molecular weight is 446 g/mol. The Hall–Kier alpha value is -4.18. The molecule has 0 unspecified atom stereocenters. The molecule has 0 aliphatic rings. The van der Waals surface area contributed by atoms with Crippen LogP contribution in [0.15, 0.2) is 71.3 Å². The minimum Gasteiger partial charge on any atom is -0.462 e. The van der Waals surface area contributed by atoms with E-state index >= 15 is 0 Å². The number of carbonyl (C=O) groups is 1. The number of tetrazole rings is 1. The van der Waals surface area contributed by atoms with E-state index in [0.29, 0.717) is 32.9 Å². The van der Waals surface area contributed by atoms with Gasteiger partial charge in [0.15, 0.2) is 16.6 Å². The van der Waals surface area contributed by atoms with Gasteiger partial charge < -0.3 is 9.73 Å². The number of rotatable bonds is 5. The summed E-state index contributed by atoms with van der Waals surface area (Å²) in [5.74, 6) is 0.111. The van der Waals surface area contributed by atoms with Crippen LogP contribution in [0.2, 0.25) is 0 Å². The number of benzene rings is 2. The fourth-order valence-corrected chi connectivity index (χ4v) is 4.12. The van der Waals surface area contributed by atoms with Crippen LogP contribution in [0.25, 0.3) is 27.7 Å². The van der Waals surface area contributed by atoms with Crippen molar-refractivity contribution in [3.05, 3.63) is 83.4 Å². The maximum Gasteiger partial charge on any atom is 0.268 e. The number of hydrogen-bond donors (Lipinski definition) is 1. The first-order valence-electron chi connectivity index (χ1n) is 9.56. The first-order chi connectivity index (χ1) is 15.6. The fraction of sp³-hybridized carbons (Fsp3) is 0.0455. The second-order valence-electron chi connectivity index (χ2n) is 6.80. The Balaban J connectivity index is 1.52. The molecule has 3 heterocycles. The van der Waals surface area contributed by atoms with E-state index in [4.69, 9.17) is 4.42 Å². The van der Waals surface area contributed by atoms with Crippen molar-refractivity contribution in [2.24, 2.45) is 0 Å². The van der Waals surface area contributed by atoms with Gasteiger partial charge in [-0.3, -0.25) is 4.79 Å². The molecule has 10 heteroatoms. The zero-order valence-corrected chi connectivity index (χ0v) is 17.5. The molecule has 32 heavy (non-hydrogen) atoms. The van der Waals surface area contributed by atoms with Crippen LogP contribution in [0, 0.1) is 12.7 Å². The van der Waals surface area contributed by atoms with Crippen molar-refractivity contribution in [3.63, 3.8) is 0 Å². The number of halogens is 1. The Labute approximate surface area is 185 Å². The highest BCUT2D eigenvalue weighted by atomic mass is 32.1. The maximum absolute atomic E-state index is 14.4. The molecule has 0 radical (unpaired) electrons. The number of nitrogens with one attached hydrogen (secondary N) is 1. The molecule has 2 aromatic carbocycles. The molecular weight excluding hydrogens is 431 g/mol. The Morgan fingerprint density at radius 1 is 1.12 bits per heavy atom. The topological polar surface area (TPSA) is 98.7 Å². The van der Waals surface area contributed by atoms with Gasteiger partial charge >= 0.3 is 0 Å². The van der Waals surface area contributed by atoms with E-state index in [2.05, 4.69) is 25.8 Å². The predicted octanol–water partition coefficient (Wildman–Crippen LogP) is 4.75. The zero-order valence-electron chi connectivity index (χ0n) is 16.7. The van der Waals surface area contributed by atoms with Crippen LogP contribution < -0.4 is 5.32 Å². The number of aryl methyl sites for hydroxylation is 1. The van der Waals surface area contributed by atoms with E-state index in [1.165, 1.54) is 34.2 Å². The minimum absolute atomic E-state index is 0.133. The molecule has 0 saturated carbocycles. The standard InChI is InChI=1S/C22H15FN6O2S/c1-13-26-27-28-29(13)17-12-15(9-10-16(17)23)24-21(30)20-19(14-6-3-2-4-7-14)25-22(32-20)18-8-5-11-31-18/h2-12H,1H3,(H,24,30). The van der Waals surface area contributed by atoms with Crippen molar-refractivity contribution in [2.45, 2.75) is 6.92 Å². The molecule has 0 aliphatic carbocycles. The first-order valence-corrected chi connectivity index (χ1v) is 10.4. The zero-order chi connectivity index (χ0) is 22.1. The lowest BCUT2D eigenvalue weighted by Gasteiger charge is -2.09. The molecule has 0 fully saturated rings. The van der Waals surface area contributed by atoms with Crippen LogP contribution in [0.4, 0.5) is 10.1 Å². The second kappa shape index (κ2) is 8.16. The quantitative estimate of drug-likeness (QED) is 0.418. The number of anilines is 1. The second-order valence-corrected chi connectivity index (χ2v) is 7.80. The highest BCUT2D eigenvalue weighted by Gasteiger charge is 2.22. The van der Waals surface area contributed by atoms with Crippen molar-refractivity contribution in [1.82, 2.24) is 25.2 Å².